The summed E-state index contributed by atoms with van der Waals surface area (Å²) in [6.07, 6.45) is 0. The molecule has 0 saturated heterocycles. The van der Waals surface area contributed by atoms with Crippen LogP contribution in [0.15, 0.2) is 0 Å². The van der Waals surface area contributed by atoms with Crippen LogP contribution in [0, 0.1) is 6.92 Å². The lowest BCUT2D eigenvalue weighted by Gasteiger charge is -2.14. The normalized spacial score (nSPS) is 12.0. The van der Waals surface area contributed by atoms with Crippen LogP contribution in [0.2, 0.25) is 25.7 Å². The van der Waals surface area contributed by atoms with Gasteiger partial charge in [0.15, 0.2) is 12.6 Å². The first kappa shape index (κ1) is 11.3. The molecule has 0 aliphatic rings. The van der Waals surface area contributed by atoms with Gasteiger partial charge in [0.25, 0.3) is 0 Å². The molecule has 0 radical (unpaired) electrons. The fraction of sp³-hybridized carbons (Fsp3) is 0.875. The van der Waals surface area contributed by atoms with E-state index >= 15 is 0 Å². The molecule has 14 heavy (non-hydrogen) atoms. The fourth-order valence-electron chi connectivity index (χ4n) is 0.903. The van der Waals surface area contributed by atoms with Crippen LogP contribution in [-0.2, 0) is 11.5 Å². The van der Waals surface area contributed by atoms with Gasteiger partial charge in [0.1, 0.15) is 0 Å². The van der Waals surface area contributed by atoms with E-state index < -0.39 is 8.07 Å². The smallest absolute Gasteiger partial charge is 0.171 e. The van der Waals surface area contributed by atoms with E-state index in [1.54, 1.807) is 0 Å². The van der Waals surface area contributed by atoms with Gasteiger partial charge in [-0.15, -0.1) is 15.0 Å². The molecule has 0 N–H and O–H groups in total. The van der Waals surface area contributed by atoms with Crippen LogP contribution in [0.1, 0.15) is 5.82 Å². The topological polar surface area (TPSA) is 52.8 Å². The van der Waals surface area contributed by atoms with Crippen molar-refractivity contribution in [1.82, 2.24) is 20.2 Å². The number of nitrogens with zero attached hydrogens (tertiary/aromatic N) is 4. The Labute approximate surface area is 85.5 Å². The van der Waals surface area contributed by atoms with Crippen molar-refractivity contribution in [2.75, 3.05) is 6.61 Å². The minimum atomic E-state index is -0.981. The maximum absolute atomic E-state index is 5.44. The van der Waals surface area contributed by atoms with Crippen molar-refractivity contribution in [1.29, 1.82) is 0 Å². The van der Waals surface area contributed by atoms with Gasteiger partial charge in [-0.25, -0.2) is 0 Å². The zero-order chi connectivity index (χ0) is 10.6. The Balaban J connectivity index is 2.16. The van der Waals surface area contributed by atoms with Gasteiger partial charge in [-0.1, -0.05) is 19.6 Å². The second-order valence-electron chi connectivity index (χ2n) is 4.56. The van der Waals surface area contributed by atoms with Crippen LogP contribution in [0.25, 0.3) is 0 Å². The molecule has 0 aliphatic carbocycles. The van der Waals surface area contributed by atoms with Crippen molar-refractivity contribution in [3.63, 3.8) is 0 Å². The van der Waals surface area contributed by atoms with Crippen molar-refractivity contribution in [3.05, 3.63) is 5.82 Å². The molecule has 1 aromatic heterocycles. The Bertz CT molecular complexity index is 281. The Kier molecular flexibility index (Phi) is 3.76. The first-order valence-corrected chi connectivity index (χ1v) is 8.50. The molecule has 0 unspecified atom stereocenters. The summed E-state index contributed by atoms with van der Waals surface area (Å²) >= 11 is 0. The molecule has 0 spiro atoms. The molecule has 0 atom stereocenters. The van der Waals surface area contributed by atoms with Gasteiger partial charge in [-0.2, -0.15) is 0 Å². The Morgan fingerprint density at radius 1 is 1.36 bits per heavy atom. The van der Waals surface area contributed by atoms with E-state index in [0.717, 1.165) is 6.61 Å². The van der Waals surface area contributed by atoms with Crippen molar-refractivity contribution < 1.29 is 4.74 Å². The molecule has 0 amide bonds. The molecule has 0 aliphatic heterocycles. The number of hydrogen-bond donors (Lipinski definition) is 0. The molecule has 0 bridgehead atoms. The number of ether oxygens (including phenoxy) is 1. The van der Waals surface area contributed by atoms with Crippen molar-refractivity contribution >= 4 is 8.07 Å². The highest BCUT2D eigenvalue weighted by Gasteiger charge is 2.12. The second kappa shape index (κ2) is 4.65. The molecule has 5 nitrogen and oxygen atoms in total. The van der Waals surface area contributed by atoms with Crippen molar-refractivity contribution in [3.8, 4) is 0 Å². The third kappa shape index (κ3) is 4.47. The second-order valence-corrected chi connectivity index (χ2v) is 10.2. The number of hydrogen-bond acceptors (Lipinski definition) is 4. The highest BCUT2D eigenvalue weighted by atomic mass is 28.3. The molecular formula is C8H18N4OSi. The Hall–Kier alpha value is -0.753. The zero-order valence-electron chi connectivity index (χ0n) is 9.32. The average Bonchev–Trinajstić information content (AvgIpc) is 2.44. The summed E-state index contributed by atoms with van der Waals surface area (Å²) in [5.74, 6) is 0.679. The third-order valence-corrected chi connectivity index (χ3v) is 3.46. The largest absolute Gasteiger partial charge is 0.358 e. The quantitative estimate of drug-likeness (QED) is 0.547. The third-order valence-electron chi connectivity index (χ3n) is 1.76. The fourth-order valence-corrected chi connectivity index (χ4v) is 1.66. The zero-order valence-corrected chi connectivity index (χ0v) is 10.3. The summed E-state index contributed by atoms with van der Waals surface area (Å²) in [4.78, 5) is 1.47. The molecular weight excluding hydrogens is 196 g/mol. The lowest BCUT2D eigenvalue weighted by Crippen LogP contribution is -2.22. The molecule has 6 heteroatoms. The standard InChI is InChI=1S/C8H18N4OSi/c1-8-9-11-12(10-8)7-13-5-6-14(2,3)4/h5-7H2,1-4H3. The molecule has 0 saturated carbocycles. The van der Waals surface area contributed by atoms with Gasteiger partial charge in [0, 0.05) is 14.7 Å². The van der Waals surface area contributed by atoms with Crippen LogP contribution in [0.5, 0.6) is 0 Å². The summed E-state index contributed by atoms with van der Waals surface area (Å²) < 4.78 is 5.44. The van der Waals surface area contributed by atoms with Gasteiger partial charge in [-0.05, 0) is 18.2 Å². The average molecular weight is 214 g/mol. The minimum Gasteiger partial charge on any atom is -0.358 e. The van der Waals surface area contributed by atoms with E-state index in [1.807, 2.05) is 6.92 Å². The van der Waals surface area contributed by atoms with Gasteiger partial charge in [0.05, 0.1) is 0 Å². The number of tetrazole rings is 1. The summed E-state index contributed by atoms with van der Waals surface area (Å²) in [6, 6.07) is 1.17. The monoisotopic (exact) mass is 214 g/mol. The highest BCUT2D eigenvalue weighted by Crippen LogP contribution is 2.07. The van der Waals surface area contributed by atoms with E-state index in [9.17, 15) is 0 Å². The lowest BCUT2D eigenvalue weighted by molar-refractivity contribution is 0.0672. The van der Waals surface area contributed by atoms with E-state index in [2.05, 4.69) is 35.1 Å². The predicted octanol–water partition coefficient (Wildman–Crippen LogP) is 1.29. The molecule has 0 fully saturated rings. The summed E-state index contributed by atoms with van der Waals surface area (Å²) in [6.45, 7) is 9.99. The van der Waals surface area contributed by atoms with Gasteiger partial charge in [0.2, 0.25) is 0 Å². The van der Waals surface area contributed by atoms with Crippen LogP contribution in [0.4, 0.5) is 0 Å². The molecule has 1 aromatic rings. The number of aromatic nitrogens is 4. The van der Waals surface area contributed by atoms with Gasteiger partial charge in [-0.3, -0.25) is 0 Å². The van der Waals surface area contributed by atoms with Crippen molar-refractivity contribution in [2.45, 2.75) is 39.3 Å². The van der Waals surface area contributed by atoms with Crippen LogP contribution >= 0.6 is 0 Å². The minimum absolute atomic E-state index is 0.408. The highest BCUT2D eigenvalue weighted by molar-refractivity contribution is 6.76. The van der Waals surface area contributed by atoms with E-state index in [4.69, 9.17) is 4.74 Å². The number of aryl methyl sites for hydroxylation is 1. The van der Waals surface area contributed by atoms with Gasteiger partial charge >= 0.3 is 0 Å². The Morgan fingerprint density at radius 3 is 2.57 bits per heavy atom. The van der Waals surface area contributed by atoms with E-state index in [1.165, 1.54) is 10.8 Å². The van der Waals surface area contributed by atoms with E-state index in [-0.39, 0.29) is 0 Å². The first-order valence-electron chi connectivity index (χ1n) is 4.79. The van der Waals surface area contributed by atoms with Crippen LogP contribution in [0.3, 0.4) is 0 Å². The summed E-state index contributed by atoms with van der Waals surface area (Å²) in [5, 5.41) is 11.6. The maximum atomic E-state index is 5.44. The first-order chi connectivity index (χ1) is 6.47. The number of rotatable bonds is 5. The Morgan fingerprint density at radius 2 is 2.07 bits per heavy atom. The van der Waals surface area contributed by atoms with Crippen LogP contribution < -0.4 is 0 Å². The molecule has 1 rings (SSSR count). The predicted molar refractivity (Wildman–Crippen MR) is 56.7 cm³/mol. The maximum Gasteiger partial charge on any atom is 0.171 e. The van der Waals surface area contributed by atoms with E-state index in [0.29, 0.717) is 12.6 Å². The van der Waals surface area contributed by atoms with Crippen LogP contribution in [-0.4, -0.2) is 34.9 Å². The summed E-state index contributed by atoms with van der Waals surface area (Å²) in [7, 11) is -0.981. The van der Waals surface area contributed by atoms with Crippen molar-refractivity contribution in [2.24, 2.45) is 0 Å². The molecule has 0 aromatic carbocycles. The lowest BCUT2D eigenvalue weighted by atomic mass is 10.8. The summed E-state index contributed by atoms with van der Waals surface area (Å²) in [5.41, 5.74) is 0. The SMILES string of the molecule is Cc1nnn(COCC[Si](C)(C)C)n1. The van der Waals surface area contributed by atoms with Gasteiger partial charge < -0.3 is 4.74 Å². The molecule has 80 valence electrons. The molecule has 1 heterocycles.